The van der Waals surface area contributed by atoms with Crippen molar-refractivity contribution in [3.05, 3.63) is 0 Å². The van der Waals surface area contributed by atoms with Crippen molar-refractivity contribution in [3.63, 3.8) is 0 Å². The third-order valence-electron chi connectivity index (χ3n) is 3.15. The minimum absolute atomic E-state index is 0.0246. The van der Waals surface area contributed by atoms with Gasteiger partial charge >= 0.3 is 0 Å². The number of hydrogen-bond donors (Lipinski definition) is 1. The first-order valence-corrected chi connectivity index (χ1v) is 7.22. The zero-order valence-electron chi connectivity index (χ0n) is 9.92. The molecule has 1 rings (SSSR count). The summed E-state index contributed by atoms with van der Waals surface area (Å²) in [7, 11) is -0.284. The Kier molecular flexibility index (Phi) is 5.17. The fraction of sp³-hybridized carbons (Fsp3) is 1.00. The summed E-state index contributed by atoms with van der Waals surface area (Å²) in [6, 6.07) is -0.268. The maximum Gasteiger partial charge on any atom is 0.216 e. The monoisotopic (exact) mass is 251 g/mol. The molecule has 1 aliphatic carbocycles. The SMILES string of the molecule is COCCS(=O)(=O)N(C)C1CCCCC1O. The second-order valence-electron chi connectivity index (χ2n) is 4.24. The molecule has 0 aliphatic heterocycles. The average molecular weight is 251 g/mol. The second kappa shape index (κ2) is 5.95. The molecule has 2 unspecified atom stereocenters. The van der Waals surface area contributed by atoms with Crippen molar-refractivity contribution in [2.75, 3.05) is 26.5 Å². The van der Waals surface area contributed by atoms with E-state index >= 15 is 0 Å². The lowest BCUT2D eigenvalue weighted by Crippen LogP contribution is -2.47. The number of nitrogens with zero attached hydrogens (tertiary/aromatic N) is 1. The van der Waals surface area contributed by atoms with Crippen LogP contribution in [0.4, 0.5) is 0 Å². The number of rotatable bonds is 5. The maximum absolute atomic E-state index is 11.9. The molecule has 0 heterocycles. The van der Waals surface area contributed by atoms with Gasteiger partial charge in [0, 0.05) is 14.2 Å². The number of ether oxygens (including phenoxy) is 1. The summed E-state index contributed by atoms with van der Waals surface area (Å²) in [6.07, 6.45) is 2.85. The highest BCUT2D eigenvalue weighted by molar-refractivity contribution is 7.89. The van der Waals surface area contributed by atoms with Gasteiger partial charge in [-0.3, -0.25) is 0 Å². The first-order chi connectivity index (χ1) is 7.49. The van der Waals surface area contributed by atoms with Crippen LogP contribution < -0.4 is 0 Å². The highest BCUT2D eigenvalue weighted by atomic mass is 32.2. The van der Waals surface area contributed by atoms with E-state index in [1.54, 1.807) is 7.05 Å². The van der Waals surface area contributed by atoms with Crippen molar-refractivity contribution in [3.8, 4) is 0 Å². The average Bonchev–Trinajstić information content (AvgIpc) is 2.26. The molecule has 5 nitrogen and oxygen atoms in total. The molecule has 1 saturated carbocycles. The number of likely N-dealkylation sites (N-methyl/N-ethyl adjacent to an activating group) is 1. The Morgan fingerprint density at radius 1 is 1.38 bits per heavy atom. The van der Waals surface area contributed by atoms with Crippen molar-refractivity contribution in [2.45, 2.75) is 37.8 Å². The van der Waals surface area contributed by atoms with Gasteiger partial charge in [0.25, 0.3) is 0 Å². The largest absolute Gasteiger partial charge is 0.391 e. The third-order valence-corrected chi connectivity index (χ3v) is 4.98. The zero-order chi connectivity index (χ0) is 12.2. The lowest BCUT2D eigenvalue weighted by atomic mass is 9.93. The Hall–Kier alpha value is -0.170. The summed E-state index contributed by atoms with van der Waals surface area (Å²) in [5, 5.41) is 9.79. The first-order valence-electron chi connectivity index (χ1n) is 5.61. The minimum Gasteiger partial charge on any atom is -0.391 e. The Balaban J connectivity index is 2.64. The van der Waals surface area contributed by atoms with Gasteiger partial charge in [-0.15, -0.1) is 0 Å². The van der Waals surface area contributed by atoms with E-state index in [9.17, 15) is 13.5 Å². The Bertz CT molecular complexity index is 304. The summed E-state index contributed by atoms with van der Waals surface area (Å²) in [5.74, 6) is -0.0246. The van der Waals surface area contributed by atoms with E-state index < -0.39 is 16.1 Å². The predicted molar refractivity (Wildman–Crippen MR) is 61.7 cm³/mol. The lowest BCUT2D eigenvalue weighted by Gasteiger charge is -2.34. The number of hydrogen-bond acceptors (Lipinski definition) is 4. The van der Waals surface area contributed by atoms with Crippen LogP contribution in [0.3, 0.4) is 0 Å². The van der Waals surface area contributed by atoms with Gasteiger partial charge in [0.15, 0.2) is 0 Å². The number of methoxy groups -OCH3 is 1. The molecule has 1 fully saturated rings. The summed E-state index contributed by atoms with van der Waals surface area (Å²) in [5.41, 5.74) is 0. The molecule has 96 valence electrons. The Morgan fingerprint density at radius 3 is 2.56 bits per heavy atom. The van der Waals surface area contributed by atoms with E-state index in [0.29, 0.717) is 6.42 Å². The van der Waals surface area contributed by atoms with Gasteiger partial charge in [0.2, 0.25) is 10.0 Å². The molecule has 0 aromatic heterocycles. The van der Waals surface area contributed by atoms with E-state index in [2.05, 4.69) is 0 Å². The summed E-state index contributed by atoms with van der Waals surface area (Å²) in [6.45, 7) is 0.190. The van der Waals surface area contributed by atoms with E-state index in [0.717, 1.165) is 19.3 Å². The highest BCUT2D eigenvalue weighted by Crippen LogP contribution is 2.24. The summed E-state index contributed by atoms with van der Waals surface area (Å²) < 4.78 is 29.8. The number of sulfonamides is 1. The topological polar surface area (TPSA) is 66.8 Å². The third kappa shape index (κ3) is 3.41. The molecular formula is C10H21NO4S. The van der Waals surface area contributed by atoms with Crippen LogP contribution in [0.15, 0.2) is 0 Å². The molecule has 0 spiro atoms. The van der Waals surface area contributed by atoms with Crippen LogP contribution in [0.2, 0.25) is 0 Å². The molecule has 1 aliphatic rings. The molecule has 1 N–H and O–H groups in total. The van der Waals surface area contributed by atoms with Gasteiger partial charge in [-0.1, -0.05) is 12.8 Å². The van der Waals surface area contributed by atoms with Crippen molar-refractivity contribution in [1.82, 2.24) is 4.31 Å². The van der Waals surface area contributed by atoms with Gasteiger partial charge < -0.3 is 9.84 Å². The molecule has 0 saturated heterocycles. The van der Waals surface area contributed by atoms with Crippen molar-refractivity contribution in [1.29, 1.82) is 0 Å². The maximum atomic E-state index is 11.9. The van der Waals surface area contributed by atoms with Gasteiger partial charge in [0.1, 0.15) is 0 Å². The first kappa shape index (κ1) is 13.9. The summed E-state index contributed by atoms with van der Waals surface area (Å²) in [4.78, 5) is 0. The number of aliphatic hydroxyl groups excluding tert-OH is 1. The van der Waals surface area contributed by atoms with E-state index in [4.69, 9.17) is 4.74 Å². The molecule has 0 aromatic carbocycles. The van der Waals surface area contributed by atoms with E-state index in [1.165, 1.54) is 11.4 Å². The molecular weight excluding hydrogens is 230 g/mol. The van der Waals surface area contributed by atoms with Crippen LogP contribution >= 0.6 is 0 Å². The second-order valence-corrected chi connectivity index (χ2v) is 6.39. The van der Waals surface area contributed by atoms with Gasteiger partial charge in [-0.25, -0.2) is 8.42 Å². The highest BCUT2D eigenvalue weighted by Gasteiger charge is 2.32. The molecule has 0 amide bonds. The molecule has 0 bridgehead atoms. The molecule has 2 atom stereocenters. The van der Waals surface area contributed by atoms with E-state index in [-0.39, 0.29) is 18.4 Å². The minimum atomic E-state index is -3.31. The van der Waals surface area contributed by atoms with E-state index in [1.807, 2.05) is 0 Å². The smallest absolute Gasteiger partial charge is 0.216 e. The van der Waals surface area contributed by atoms with Crippen LogP contribution in [0.1, 0.15) is 25.7 Å². The van der Waals surface area contributed by atoms with Gasteiger partial charge in [-0.2, -0.15) is 4.31 Å². The van der Waals surface area contributed by atoms with Crippen LogP contribution in [0, 0.1) is 0 Å². The molecule has 6 heteroatoms. The number of aliphatic hydroxyl groups is 1. The lowest BCUT2D eigenvalue weighted by molar-refractivity contribution is 0.0635. The quantitative estimate of drug-likeness (QED) is 0.758. The Labute approximate surface area is 97.4 Å². The van der Waals surface area contributed by atoms with Gasteiger partial charge in [-0.05, 0) is 12.8 Å². The molecule has 16 heavy (non-hydrogen) atoms. The fourth-order valence-corrected chi connectivity index (χ4v) is 3.38. The standard InChI is InChI=1S/C10H21NO4S/c1-11(16(13,14)8-7-15-2)9-5-3-4-6-10(9)12/h9-10,12H,3-8H2,1-2H3. The van der Waals surface area contributed by atoms with Crippen LogP contribution in [-0.4, -0.2) is 56.5 Å². The van der Waals surface area contributed by atoms with Crippen molar-refractivity contribution in [2.24, 2.45) is 0 Å². The Morgan fingerprint density at radius 2 is 2.00 bits per heavy atom. The normalized spacial score (nSPS) is 27.2. The van der Waals surface area contributed by atoms with Crippen molar-refractivity contribution < 1.29 is 18.3 Å². The molecule has 0 aromatic rings. The fourth-order valence-electron chi connectivity index (χ4n) is 2.05. The van der Waals surface area contributed by atoms with Crippen LogP contribution in [0.5, 0.6) is 0 Å². The predicted octanol–water partition coefficient (Wildman–Crippen LogP) is 0.198. The zero-order valence-corrected chi connectivity index (χ0v) is 10.7. The summed E-state index contributed by atoms with van der Waals surface area (Å²) >= 11 is 0. The molecule has 0 radical (unpaired) electrons. The van der Waals surface area contributed by atoms with Crippen molar-refractivity contribution >= 4 is 10.0 Å². The van der Waals surface area contributed by atoms with Crippen LogP contribution in [0.25, 0.3) is 0 Å². The van der Waals surface area contributed by atoms with Crippen LogP contribution in [-0.2, 0) is 14.8 Å². The van der Waals surface area contributed by atoms with Gasteiger partial charge in [0.05, 0.1) is 24.5 Å².